The molecule has 6 nitrogen and oxygen atoms in total. The molecule has 154 valence electrons. The van der Waals surface area contributed by atoms with Crippen LogP contribution in [0.1, 0.15) is 11.1 Å². The van der Waals surface area contributed by atoms with Crippen LogP contribution in [0, 0.1) is 0 Å². The lowest BCUT2D eigenvalue weighted by molar-refractivity contribution is -0.115. The zero-order valence-electron chi connectivity index (χ0n) is 17.0. The lowest BCUT2D eigenvalue weighted by Gasteiger charge is -2.13. The van der Waals surface area contributed by atoms with Gasteiger partial charge in [-0.25, -0.2) is 0 Å². The van der Waals surface area contributed by atoms with E-state index in [9.17, 15) is 9.59 Å². The first-order valence-corrected chi connectivity index (χ1v) is 9.56. The maximum absolute atomic E-state index is 12.9. The number of hydrogen-bond acceptors (Lipinski definition) is 4. The topological polar surface area (TPSA) is 69.6 Å². The molecule has 0 aliphatic rings. The Morgan fingerprint density at radius 3 is 2.40 bits per heavy atom. The zero-order chi connectivity index (χ0) is 21.3. The quantitative estimate of drug-likeness (QED) is 0.586. The van der Waals surface area contributed by atoms with Crippen molar-refractivity contribution in [3.63, 3.8) is 0 Å². The van der Waals surface area contributed by atoms with Crippen LogP contribution in [0.3, 0.4) is 0 Å². The Labute approximate surface area is 175 Å². The molecule has 0 saturated carbocycles. The van der Waals surface area contributed by atoms with Gasteiger partial charge in [0.25, 0.3) is 11.5 Å². The minimum absolute atomic E-state index is 0.263. The van der Waals surface area contributed by atoms with Crippen LogP contribution in [-0.2, 0) is 11.2 Å². The number of ether oxygens (including phenoxy) is 2. The Morgan fingerprint density at radius 2 is 1.70 bits per heavy atom. The molecule has 0 saturated heterocycles. The first-order valence-electron chi connectivity index (χ1n) is 9.56. The van der Waals surface area contributed by atoms with Gasteiger partial charge in [-0.2, -0.15) is 0 Å². The predicted molar refractivity (Wildman–Crippen MR) is 118 cm³/mol. The maximum Gasteiger partial charge on any atom is 0.268 e. The van der Waals surface area contributed by atoms with Gasteiger partial charge in [0.2, 0.25) is 0 Å². The highest BCUT2D eigenvalue weighted by Crippen LogP contribution is 2.27. The van der Waals surface area contributed by atoms with Gasteiger partial charge in [-0.3, -0.25) is 14.2 Å². The van der Waals surface area contributed by atoms with E-state index in [0.29, 0.717) is 24.5 Å². The van der Waals surface area contributed by atoms with Gasteiger partial charge in [-0.1, -0.05) is 42.5 Å². The van der Waals surface area contributed by atoms with Crippen LogP contribution in [0.2, 0.25) is 0 Å². The number of nitrogens with one attached hydrogen (secondary N) is 1. The Balaban J connectivity index is 1.77. The van der Waals surface area contributed by atoms with E-state index in [-0.39, 0.29) is 17.2 Å². The van der Waals surface area contributed by atoms with E-state index in [1.807, 2.05) is 48.5 Å². The first kappa shape index (κ1) is 20.9. The van der Waals surface area contributed by atoms with Gasteiger partial charge in [0.1, 0.15) is 5.70 Å². The van der Waals surface area contributed by atoms with Gasteiger partial charge in [0, 0.05) is 18.8 Å². The third-order valence-corrected chi connectivity index (χ3v) is 4.56. The highest BCUT2D eigenvalue weighted by Gasteiger charge is 2.13. The number of amides is 1. The summed E-state index contributed by atoms with van der Waals surface area (Å²) in [5.74, 6) is 0.969. The van der Waals surface area contributed by atoms with Crippen molar-refractivity contribution >= 4 is 17.7 Å². The van der Waals surface area contributed by atoms with E-state index >= 15 is 0 Å². The van der Waals surface area contributed by atoms with Crippen LogP contribution in [0.5, 0.6) is 11.5 Å². The molecule has 0 spiro atoms. The molecule has 0 bridgehead atoms. The standard InChI is InChI=1S/C24H24N2O4/c1-29-21-12-11-19(17-22(21)30-2)13-14-25-24(28)20(16-18-8-4-3-5-9-18)26-15-7-6-10-23(26)27/h3-12,15-17H,13-14H2,1-2H3,(H,25,28)/b20-16+. The SMILES string of the molecule is COc1ccc(CCNC(=O)/C(=C\c2ccccc2)n2ccccc2=O)cc1OC. The molecule has 2 aromatic carbocycles. The number of pyridine rings is 1. The fourth-order valence-corrected chi connectivity index (χ4v) is 3.03. The highest BCUT2D eigenvalue weighted by atomic mass is 16.5. The molecule has 1 aromatic heterocycles. The van der Waals surface area contributed by atoms with Gasteiger partial charge < -0.3 is 14.8 Å². The molecule has 3 aromatic rings. The number of nitrogens with zero attached hydrogens (tertiary/aromatic N) is 1. The van der Waals surface area contributed by atoms with Crippen LogP contribution in [0.4, 0.5) is 0 Å². The molecule has 0 fully saturated rings. The van der Waals surface area contributed by atoms with Crippen LogP contribution >= 0.6 is 0 Å². The summed E-state index contributed by atoms with van der Waals surface area (Å²) in [6.45, 7) is 0.405. The molecule has 6 heteroatoms. The Morgan fingerprint density at radius 1 is 0.967 bits per heavy atom. The molecule has 1 heterocycles. The molecule has 0 atom stereocenters. The summed E-state index contributed by atoms with van der Waals surface area (Å²) in [7, 11) is 3.17. The summed E-state index contributed by atoms with van der Waals surface area (Å²) < 4.78 is 11.9. The summed E-state index contributed by atoms with van der Waals surface area (Å²) in [5.41, 5.74) is 1.82. The van der Waals surface area contributed by atoms with Crippen molar-refractivity contribution in [1.29, 1.82) is 0 Å². The second kappa shape index (κ2) is 10.1. The molecule has 0 aliphatic carbocycles. The number of carbonyl (C=O) groups is 1. The van der Waals surface area contributed by atoms with E-state index in [1.54, 1.807) is 38.6 Å². The molecule has 1 N–H and O–H groups in total. The summed E-state index contributed by atoms with van der Waals surface area (Å²) in [4.78, 5) is 25.2. The van der Waals surface area contributed by atoms with Crippen molar-refractivity contribution in [2.24, 2.45) is 0 Å². The largest absolute Gasteiger partial charge is 0.493 e. The second-order valence-electron chi connectivity index (χ2n) is 6.54. The average molecular weight is 404 g/mol. The molecule has 1 amide bonds. The number of benzene rings is 2. The van der Waals surface area contributed by atoms with E-state index < -0.39 is 0 Å². The molecule has 0 aliphatic heterocycles. The minimum atomic E-state index is -0.326. The third kappa shape index (κ3) is 5.17. The monoisotopic (exact) mass is 404 g/mol. The third-order valence-electron chi connectivity index (χ3n) is 4.56. The fourth-order valence-electron chi connectivity index (χ4n) is 3.03. The van der Waals surface area contributed by atoms with Crippen LogP contribution in [-0.4, -0.2) is 31.2 Å². The number of aromatic nitrogens is 1. The summed E-state index contributed by atoms with van der Waals surface area (Å²) >= 11 is 0. The highest BCUT2D eigenvalue weighted by molar-refractivity contribution is 6.18. The Kier molecular flexibility index (Phi) is 7.05. The van der Waals surface area contributed by atoms with Gasteiger partial charge >= 0.3 is 0 Å². The van der Waals surface area contributed by atoms with E-state index in [0.717, 1.165) is 11.1 Å². The average Bonchev–Trinajstić information content (AvgIpc) is 2.78. The number of carbonyl (C=O) groups excluding carboxylic acids is 1. The number of rotatable bonds is 8. The molecular formula is C24H24N2O4. The van der Waals surface area contributed by atoms with Crippen molar-refractivity contribution in [1.82, 2.24) is 9.88 Å². The summed E-state index contributed by atoms with van der Waals surface area (Å²) in [5, 5.41) is 2.90. The molecule has 3 rings (SSSR count). The predicted octanol–water partition coefficient (Wildman–Crippen LogP) is 3.22. The lowest BCUT2D eigenvalue weighted by Crippen LogP contribution is -2.31. The second-order valence-corrected chi connectivity index (χ2v) is 6.54. The smallest absolute Gasteiger partial charge is 0.268 e. The zero-order valence-corrected chi connectivity index (χ0v) is 17.0. The molecule has 30 heavy (non-hydrogen) atoms. The fraction of sp³-hybridized carbons (Fsp3) is 0.167. The van der Waals surface area contributed by atoms with Crippen molar-refractivity contribution in [3.05, 3.63) is 94.4 Å². The van der Waals surface area contributed by atoms with Crippen molar-refractivity contribution < 1.29 is 14.3 Å². The van der Waals surface area contributed by atoms with Crippen LogP contribution < -0.4 is 20.3 Å². The minimum Gasteiger partial charge on any atom is -0.493 e. The molecule has 0 unspecified atom stereocenters. The van der Waals surface area contributed by atoms with E-state index in [1.165, 1.54) is 10.6 Å². The summed E-state index contributed by atoms with van der Waals surface area (Å²) in [6.07, 6.45) is 3.90. The molecular weight excluding hydrogens is 380 g/mol. The van der Waals surface area contributed by atoms with Crippen LogP contribution in [0.15, 0.2) is 77.7 Å². The molecule has 0 radical (unpaired) electrons. The lowest BCUT2D eigenvalue weighted by atomic mass is 10.1. The van der Waals surface area contributed by atoms with Crippen molar-refractivity contribution in [2.75, 3.05) is 20.8 Å². The van der Waals surface area contributed by atoms with Gasteiger partial charge in [-0.05, 0) is 41.8 Å². The Bertz CT molecular complexity index is 1090. The van der Waals surface area contributed by atoms with Gasteiger partial charge in [0.05, 0.1) is 14.2 Å². The summed E-state index contributed by atoms with van der Waals surface area (Å²) in [6, 6.07) is 19.9. The van der Waals surface area contributed by atoms with Crippen molar-refractivity contribution in [3.8, 4) is 11.5 Å². The van der Waals surface area contributed by atoms with Crippen LogP contribution in [0.25, 0.3) is 11.8 Å². The van der Waals surface area contributed by atoms with E-state index in [4.69, 9.17) is 9.47 Å². The van der Waals surface area contributed by atoms with Crippen molar-refractivity contribution in [2.45, 2.75) is 6.42 Å². The van der Waals surface area contributed by atoms with Gasteiger partial charge in [0.15, 0.2) is 11.5 Å². The Hall–Kier alpha value is -3.80. The first-order chi connectivity index (χ1) is 14.6. The van der Waals surface area contributed by atoms with E-state index in [2.05, 4.69) is 5.32 Å². The number of hydrogen-bond donors (Lipinski definition) is 1. The number of methoxy groups -OCH3 is 2. The maximum atomic E-state index is 12.9. The normalized spacial score (nSPS) is 11.1. The van der Waals surface area contributed by atoms with Gasteiger partial charge in [-0.15, -0.1) is 0 Å².